The Labute approximate surface area is 154 Å². The number of carbonyl (C=O) groups is 1. The van der Waals surface area contributed by atoms with Crippen molar-refractivity contribution < 1.29 is 4.79 Å². The van der Waals surface area contributed by atoms with Crippen LogP contribution in [0.3, 0.4) is 0 Å². The highest BCUT2D eigenvalue weighted by molar-refractivity contribution is 5.83. The molecular weight excluding hydrogens is 326 g/mol. The lowest BCUT2D eigenvalue weighted by atomic mass is 9.94. The first kappa shape index (κ1) is 18.5. The fraction of sp³-hybridized carbons (Fsp3) is 0.450. The molecule has 2 aromatic rings. The van der Waals surface area contributed by atoms with E-state index in [1.54, 1.807) is 24.8 Å². The molecule has 1 unspecified atom stereocenters. The van der Waals surface area contributed by atoms with Gasteiger partial charge in [0.25, 0.3) is 0 Å². The van der Waals surface area contributed by atoms with Crippen molar-refractivity contribution in [2.45, 2.75) is 31.8 Å². The van der Waals surface area contributed by atoms with Crippen LogP contribution in [0.1, 0.15) is 36.4 Å². The number of nitrogens with one attached hydrogen (secondary N) is 3. The van der Waals surface area contributed by atoms with Gasteiger partial charge in [-0.05, 0) is 80.2 Å². The molecule has 1 aliphatic rings. The SMILES string of the molecule is O=C(NCc1ccncc1)C(NCCC1CCNCC1)c1ccncc1. The summed E-state index contributed by atoms with van der Waals surface area (Å²) in [5.74, 6) is 0.722. The molecule has 1 aliphatic heterocycles. The van der Waals surface area contributed by atoms with Crippen LogP contribution in [0.15, 0.2) is 49.1 Å². The normalized spacial score (nSPS) is 16.2. The summed E-state index contributed by atoms with van der Waals surface area (Å²) in [7, 11) is 0. The van der Waals surface area contributed by atoms with Gasteiger partial charge in [0.1, 0.15) is 6.04 Å². The molecule has 2 aromatic heterocycles. The van der Waals surface area contributed by atoms with Crippen molar-refractivity contribution in [1.29, 1.82) is 0 Å². The van der Waals surface area contributed by atoms with Gasteiger partial charge in [-0.25, -0.2) is 0 Å². The van der Waals surface area contributed by atoms with E-state index in [0.717, 1.165) is 43.1 Å². The molecule has 3 N–H and O–H groups in total. The number of piperidine rings is 1. The molecule has 3 rings (SSSR count). The second-order valence-corrected chi connectivity index (χ2v) is 6.72. The molecule has 1 amide bonds. The number of aromatic nitrogens is 2. The van der Waals surface area contributed by atoms with Gasteiger partial charge in [-0.2, -0.15) is 0 Å². The van der Waals surface area contributed by atoms with Crippen molar-refractivity contribution in [2.75, 3.05) is 19.6 Å². The van der Waals surface area contributed by atoms with Crippen LogP contribution in [-0.4, -0.2) is 35.5 Å². The summed E-state index contributed by atoms with van der Waals surface area (Å²) in [6.45, 7) is 3.54. The van der Waals surface area contributed by atoms with Gasteiger partial charge < -0.3 is 16.0 Å². The highest BCUT2D eigenvalue weighted by Crippen LogP contribution is 2.17. The standard InChI is InChI=1S/C20H27N5O/c26-20(25-15-17-3-10-22-11-4-17)19(18-6-12-23-13-7-18)24-14-5-16-1-8-21-9-2-16/h3-4,6-7,10-13,16,19,21,24H,1-2,5,8-9,14-15H2,(H,25,26). The fourth-order valence-corrected chi connectivity index (χ4v) is 3.31. The molecule has 0 bridgehead atoms. The van der Waals surface area contributed by atoms with Crippen molar-refractivity contribution in [3.05, 3.63) is 60.2 Å². The molecule has 1 fully saturated rings. The Morgan fingerprint density at radius 3 is 2.42 bits per heavy atom. The monoisotopic (exact) mass is 353 g/mol. The molecule has 26 heavy (non-hydrogen) atoms. The van der Waals surface area contributed by atoms with Crippen molar-refractivity contribution in [1.82, 2.24) is 25.9 Å². The zero-order valence-electron chi connectivity index (χ0n) is 15.0. The summed E-state index contributed by atoms with van der Waals surface area (Å²) in [6, 6.07) is 7.25. The molecule has 6 heteroatoms. The summed E-state index contributed by atoms with van der Waals surface area (Å²) < 4.78 is 0. The quantitative estimate of drug-likeness (QED) is 0.675. The first-order valence-electron chi connectivity index (χ1n) is 9.33. The summed E-state index contributed by atoms with van der Waals surface area (Å²) in [6.07, 6.45) is 10.5. The molecule has 138 valence electrons. The third kappa shape index (κ3) is 5.61. The number of amides is 1. The number of hydrogen-bond acceptors (Lipinski definition) is 5. The van der Waals surface area contributed by atoms with Crippen molar-refractivity contribution in [2.24, 2.45) is 5.92 Å². The lowest BCUT2D eigenvalue weighted by Gasteiger charge is -2.24. The van der Waals surface area contributed by atoms with Crippen molar-refractivity contribution in [3.63, 3.8) is 0 Å². The third-order valence-corrected chi connectivity index (χ3v) is 4.88. The molecular formula is C20H27N5O. The van der Waals surface area contributed by atoms with Gasteiger partial charge in [0.15, 0.2) is 0 Å². The summed E-state index contributed by atoms with van der Waals surface area (Å²) in [5, 5.41) is 9.87. The second-order valence-electron chi connectivity index (χ2n) is 6.72. The van der Waals surface area contributed by atoms with Crippen LogP contribution >= 0.6 is 0 Å². The average molecular weight is 353 g/mol. The second kappa shape index (κ2) is 9.99. The lowest BCUT2D eigenvalue weighted by Crippen LogP contribution is -2.38. The Kier molecular flexibility index (Phi) is 7.10. The number of hydrogen-bond donors (Lipinski definition) is 3. The van der Waals surface area contributed by atoms with Gasteiger partial charge in [-0.3, -0.25) is 14.8 Å². The van der Waals surface area contributed by atoms with E-state index in [-0.39, 0.29) is 11.9 Å². The predicted octanol–water partition coefficient (Wildman–Crippen LogP) is 1.81. The van der Waals surface area contributed by atoms with E-state index < -0.39 is 0 Å². The number of pyridine rings is 2. The Hall–Kier alpha value is -2.31. The molecule has 6 nitrogen and oxygen atoms in total. The number of nitrogens with zero attached hydrogens (tertiary/aromatic N) is 2. The van der Waals surface area contributed by atoms with Gasteiger partial charge in [0, 0.05) is 31.3 Å². The minimum atomic E-state index is -0.360. The Morgan fingerprint density at radius 1 is 1.08 bits per heavy atom. The molecule has 1 atom stereocenters. The topological polar surface area (TPSA) is 78.9 Å². The number of carbonyl (C=O) groups excluding carboxylic acids is 1. The van der Waals surface area contributed by atoms with Crippen LogP contribution in [0.25, 0.3) is 0 Å². The zero-order valence-corrected chi connectivity index (χ0v) is 15.0. The van der Waals surface area contributed by atoms with Crippen molar-refractivity contribution >= 4 is 5.91 Å². The van der Waals surface area contributed by atoms with Crippen LogP contribution < -0.4 is 16.0 Å². The molecule has 3 heterocycles. The van der Waals surface area contributed by atoms with E-state index in [1.165, 1.54) is 12.8 Å². The highest BCUT2D eigenvalue weighted by atomic mass is 16.2. The zero-order chi connectivity index (χ0) is 18.0. The van der Waals surface area contributed by atoms with Crippen LogP contribution in [0.2, 0.25) is 0 Å². The van der Waals surface area contributed by atoms with Gasteiger partial charge >= 0.3 is 0 Å². The molecule has 0 radical (unpaired) electrons. The maximum atomic E-state index is 12.8. The third-order valence-electron chi connectivity index (χ3n) is 4.88. The van der Waals surface area contributed by atoms with E-state index in [0.29, 0.717) is 6.54 Å². The molecule has 0 aliphatic carbocycles. The smallest absolute Gasteiger partial charge is 0.242 e. The lowest BCUT2D eigenvalue weighted by molar-refractivity contribution is -0.123. The van der Waals surface area contributed by atoms with E-state index >= 15 is 0 Å². The first-order valence-corrected chi connectivity index (χ1v) is 9.33. The minimum absolute atomic E-state index is 0.0154. The Bertz CT molecular complexity index is 658. The molecule has 1 saturated heterocycles. The van der Waals surface area contributed by atoms with Crippen LogP contribution in [0.5, 0.6) is 0 Å². The molecule has 0 saturated carbocycles. The van der Waals surface area contributed by atoms with Crippen LogP contribution in [0.4, 0.5) is 0 Å². The Balaban J connectivity index is 1.56. The van der Waals surface area contributed by atoms with Gasteiger partial charge in [-0.1, -0.05) is 0 Å². The van der Waals surface area contributed by atoms with Crippen LogP contribution in [-0.2, 0) is 11.3 Å². The van der Waals surface area contributed by atoms with Gasteiger partial charge in [0.2, 0.25) is 5.91 Å². The largest absolute Gasteiger partial charge is 0.350 e. The van der Waals surface area contributed by atoms with Gasteiger partial charge in [0.05, 0.1) is 0 Å². The first-order chi connectivity index (χ1) is 12.8. The Morgan fingerprint density at radius 2 is 1.73 bits per heavy atom. The fourth-order valence-electron chi connectivity index (χ4n) is 3.31. The maximum absolute atomic E-state index is 12.8. The van der Waals surface area contributed by atoms with E-state index in [1.807, 2.05) is 24.3 Å². The summed E-state index contributed by atoms with van der Waals surface area (Å²) in [5.41, 5.74) is 1.98. The van der Waals surface area contributed by atoms with Crippen molar-refractivity contribution in [3.8, 4) is 0 Å². The van der Waals surface area contributed by atoms with E-state index in [2.05, 4.69) is 25.9 Å². The van der Waals surface area contributed by atoms with Gasteiger partial charge in [-0.15, -0.1) is 0 Å². The minimum Gasteiger partial charge on any atom is -0.350 e. The summed E-state index contributed by atoms with van der Waals surface area (Å²) in [4.78, 5) is 20.8. The molecule has 0 spiro atoms. The van der Waals surface area contributed by atoms with Crippen LogP contribution in [0, 0.1) is 5.92 Å². The van der Waals surface area contributed by atoms with E-state index in [4.69, 9.17) is 0 Å². The maximum Gasteiger partial charge on any atom is 0.242 e. The predicted molar refractivity (Wildman–Crippen MR) is 101 cm³/mol. The average Bonchev–Trinajstić information content (AvgIpc) is 2.72. The highest BCUT2D eigenvalue weighted by Gasteiger charge is 2.21. The number of rotatable bonds is 8. The summed E-state index contributed by atoms with van der Waals surface area (Å²) >= 11 is 0. The van der Waals surface area contributed by atoms with E-state index in [9.17, 15) is 4.79 Å². The molecule has 0 aromatic carbocycles.